The van der Waals surface area contributed by atoms with Crippen molar-refractivity contribution in [3.63, 3.8) is 0 Å². The van der Waals surface area contributed by atoms with Gasteiger partial charge in [-0.1, -0.05) is 6.07 Å². The molecule has 0 bridgehead atoms. The van der Waals surface area contributed by atoms with Crippen molar-refractivity contribution in [2.75, 3.05) is 5.88 Å². The van der Waals surface area contributed by atoms with Crippen LogP contribution in [0.5, 0.6) is 0 Å². The van der Waals surface area contributed by atoms with Crippen molar-refractivity contribution in [3.05, 3.63) is 33.1 Å². The number of rotatable bonds is 3. The Labute approximate surface area is 95.1 Å². The molecule has 1 aromatic rings. The first kappa shape index (κ1) is 11.2. The van der Waals surface area contributed by atoms with Gasteiger partial charge in [-0.25, -0.2) is 4.39 Å². The number of benzene rings is 1. The highest BCUT2D eigenvalue weighted by atomic mass is 127. The van der Waals surface area contributed by atoms with Crippen LogP contribution in [0.2, 0.25) is 0 Å². The van der Waals surface area contributed by atoms with Gasteiger partial charge in [0.15, 0.2) is 0 Å². The molecule has 1 nitrogen and oxygen atoms in total. The van der Waals surface area contributed by atoms with E-state index in [-0.39, 0.29) is 5.82 Å². The third-order valence-electron chi connectivity index (χ3n) is 1.70. The molecule has 1 rings (SSSR count). The topological polar surface area (TPSA) is 20.2 Å². The van der Waals surface area contributed by atoms with Crippen LogP contribution in [0.1, 0.15) is 18.1 Å². The van der Waals surface area contributed by atoms with E-state index < -0.39 is 6.10 Å². The van der Waals surface area contributed by atoms with Crippen LogP contribution in [0, 0.1) is 9.39 Å². The molecule has 0 radical (unpaired) electrons. The molecule has 4 heteroatoms. The number of aliphatic hydroxyl groups is 1. The van der Waals surface area contributed by atoms with Crippen LogP contribution in [-0.4, -0.2) is 11.0 Å². The minimum Gasteiger partial charge on any atom is -0.388 e. The lowest BCUT2D eigenvalue weighted by Crippen LogP contribution is -2.01. The number of hydrogen-bond donors (Lipinski definition) is 1. The van der Waals surface area contributed by atoms with Gasteiger partial charge in [0.25, 0.3) is 0 Å². The van der Waals surface area contributed by atoms with Crippen LogP contribution in [0.3, 0.4) is 0 Å². The number of halogens is 3. The summed E-state index contributed by atoms with van der Waals surface area (Å²) >= 11 is 7.49. The minimum atomic E-state index is -0.593. The quantitative estimate of drug-likeness (QED) is 0.671. The van der Waals surface area contributed by atoms with Gasteiger partial charge in [0.1, 0.15) is 5.82 Å². The van der Waals surface area contributed by atoms with Crippen LogP contribution < -0.4 is 0 Å². The first-order chi connectivity index (χ1) is 6.15. The fourth-order valence-electron chi connectivity index (χ4n) is 1.03. The van der Waals surface area contributed by atoms with Crippen LogP contribution >= 0.6 is 34.2 Å². The van der Waals surface area contributed by atoms with Crippen molar-refractivity contribution in [1.82, 2.24) is 0 Å². The maximum Gasteiger partial charge on any atom is 0.124 e. The van der Waals surface area contributed by atoms with Crippen LogP contribution in [-0.2, 0) is 0 Å². The molecule has 0 saturated heterocycles. The predicted molar refractivity (Wildman–Crippen MR) is 59.4 cm³/mol. The van der Waals surface area contributed by atoms with E-state index >= 15 is 0 Å². The van der Waals surface area contributed by atoms with Gasteiger partial charge in [-0.15, -0.1) is 11.6 Å². The molecule has 1 aromatic carbocycles. The number of alkyl halides is 1. The Morgan fingerprint density at radius 3 is 2.77 bits per heavy atom. The summed E-state index contributed by atoms with van der Waals surface area (Å²) in [6.07, 6.45) is -0.103. The number of aliphatic hydroxyl groups excluding tert-OH is 1. The minimum absolute atomic E-state index is 0.286. The third-order valence-corrected chi connectivity index (χ3v) is 2.86. The largest absolute Gasteiger partial charge is 0.388 e. The Balaban J connectivity index is 2.88. The predicted octanol–water partition coefficient (Wildman–Crippen LogP) is 3.09. The number of hydrogen-bond acceptors (Lipinski definition) is 1. The average Bonchev–Trinajstić information content (AvgIpc) is 2.04. The summed E-state index contributed by atoms with van der Waals surface area (Å²) in [4.78, 5) is 0. The average molecular weight is 315 g/mol. The summed E-state index contributed by atoms with van der Waals surface area (Å²) < 4.78 is 13.4. The molecule has 0 spiro atoms. The van der Waals surface area contributed by atoms with E-state index in [4.69, 9.17) is 11.6 Å². The molecule has 0 amide bonds. The van der Waals surface area contributed by atoms with E-state index in [9.17, 15) is 9.50 Å². The summed E-state index contributed by atoms with van der Waals surface area (Å²) in [6, 6.07) is 4.33. The zero-order valence-corrected chi connectivity index (χ0v) is 9.72. The normalized spacial score (nSPS) is 12.9. The van der Waals surface area contributed by atoms with Crippen LogP contribution in [0.15, 0.2) is 18.2 Å². The van der Waals surface area contributed by atoms with Crippen LogP contribution in [0.4, 0.5) is 4.39 Å². The Bertz CT molecular complexity index is 293. The zero-order valence-electron chi connectivity index (χ0n) is 6.80. The smallest absolute Gasteiger partial charge is 0.124 e. The van der Waals surface area contributed by atoms with Gasteiger partial charge in [-0.05, 0) is 46.7 Å². The van der Waals surface area contributed by atoms with Gasteiger partial charge in [0.2, 0.25) is 0 Å². The maximum atomic E-state index is 12.7. The molecule has 0 heterocycles. The second kappa shape index (κ2) is 5.12. The SMILES string of the molecule is OC(CCCl)c1ccc(F)cc1I. The lowest BCUT2D eigenvalue weighted by Gasteiger charge is -2.10. The van der Waals surface area contributed by atoms with Gasteiger partial charge >= 0.3 is 0 Å². The summed E-state index contributed by atoms with van der Waals surface area (Å²) in [5, 5.41) is 9.58. The molecule has 72 valence electrons. The van der Waals surface area contributed by atoms with Crippen molar-refractivity contribution in [2.24, 2.45) is 0 Å². The Morgan fingerprint density at radius 1 is 1.54 bits per heavy atom. The van der Waals surface area contributed by atoms with E-state index in [1.807, 2.05) is 22.6 Å². The monoisotopic (exact) mass is 314 g/mol. The first-order valence-corrected chi connectivity index (χ1v) is 5.45. The zero-order chi connectivity index (χ0) is 9.84. The highest BCUT2D eigenvalue weighted by molar-refractivity contribution is 14.1. The Morgan fingerprint density at radius 2 is 2.23 bits per heavy atom. The molecule has 0 aliphatic rings. The van der Waals surface area contributed by atoms with E-state index in [1.165, 1.54) is 12.1 Å². The summed E-state index contributed by atoms with van der Waals surface area (Å²) in [5.74, 6) is 0.112. The molecule has 1 atom stereocenters. The molecular weight excluding hydrogens is 305 g/mol. The van der Waals surface area contributed by atoms with Crippen molar-refractivity contribution < 1.29 is 9.50 Å². The van der Waals surface area contributed by atoms with Crippen molar-refractivity contribution in [3.8, 4) is 0 Å². The fourth-order valence-corrected chi connectivity index (χ4v) is 2.07. The molecule has 0 fully saturated rings. The standard InChI is InChI=1S/C9H9ClFIO/c10-4-3-9(13)7-2-1-6(11)5-8(7)12/h1-2,5,9,13H,3-4H2. The first-order valence-electron chi connectivity index (χ1n) is 3.84. The van der Waals surface area contributed by atoms with Crippen molar-refractivity contribution in [1.29, 1.82) is 0 Å². The molecule has 13 heavy (non-hydrogen) atoms. The molecule has 0 aromatic heterocycles. The Hall–Kier alpha value is 0.130. The van der Waals surface area contributed by atoms with Gasteiger partial charge in [-0.3, -0.25) is 0 Å². The van der Waals surface area contributed by atoms with E-state index in [0.29, 0.717) is 12.3 Å². The van der Waals surface area contributed by atoms with Crippen LogP contribution in [0.25, 0.3) is 0 Å². The molecule has 0 aliphatic heterocycles. The van der Waals surface area contributed by atoms with Gasteiger partial charge < -0.3 is 5.11 Å². The van der Waals surface area contributed by atoms with Gasteiger partial charge in [0.05, 0.1) is 6.10 Å². The lowest BCUT2D eigenvalue weighted by atomic mass is 10.1. The van der Waals surface area contributed by atoms with Crippen molar-refractivity contribution >= 4 is 34.2 Å². The molecule has 0 aliphatic carbocycles. The summed E-state index contributed by atoms with van der Waals surface area (Å²) in [5.41, 5.74) is 0.739. The lowest BCUT2D eigenvalue weighted by molar-refractivity contribution is 0.173. The molecule has 1 unspecified atom stereocenters. The third kappa shape index (κ3) is 3.07. The highest BCUT2D eigenvalue weighted by Crippen LogP contribution is 2.23. The fraction of sp³-hybridized carbons (Fsp3) is 0.333. The maximum absolute atomic E-state index is 12.7. The van der Waals surface area contributed by atoms with Crippen molar-refractivity contribution in [2.45, 2.75) is 12.5 Å². The molecule has 1 N–H and O–H groups in total. The second-order valence-corrected chi connectivity index (χ2v) is 4.20. The highest BCUT2D eigenvalue weighted by Gasteiger charge is 2.10. The summed E-state index contributed by atoms with van der Waals surface area (Å²) in [7, 11) is 0. The second-order valence-electron chi connectivity index (χ2n) is 2.66. The van der Waals surface area contributed by atoms with Gasteiger partial charge in [0, 0.05) is 9.45 Å². The Kier molecular flexibility index (Phi) is 4.41. The summed E-state index contributed by atoms with van der Waals surface area (Å²) in [6.45, 7) is 0. The van der Waals surface area contributed by atoms with E-state index in [1.54, 1.807) is 6.07 Å². The molecule has 0 saturated carbocycles. The van der Waals surface area contributed by atoms with Gasteiger partial charge in [-0.2, -0.15) is 0 Å². The molecular formula is C9H9ClFIO. The van der Waals surface area contributed by atoms with E-state index in [2.05, 4.69) is 0 Å². The van der Waals surface area contributed by atoms with E-state index in [0.717, 1.165) is 9.13 Å².